The van der Waals surface area contributed by atoms with E-state index in [1.165, 1.54) is 13.2 Å². The fourth-order valence-electron chi connectivity index (χ4n) is 3.25. The molecule has 26 heavy (non-hydrogen) atoms. The number of hydrogen-bond donors (Lipinski definition) is 1. The number of rotatable bonds is 4. The number of imide groups is 1. The van der Waals surface area contributed by atoms with Crippen molar-refractivity contribution in [2.45, 2.75) is 38.6 Å². The molecule has 1 heterocycles. The molecule has 0 bridgehead atoms. The number of carbonyl (C=O) groups is 3. The normalized spacial score (nSPS) is 18.1. The number of amides is 2. The first-order valence-electron chi connectivity index (χ1n) is 8.29. The Morgan fingerprint density at radius 2 is 1.81 bits per heavy atom. The van der Waals surface area contributed by atoms with Crippen LogP contribution in [0.2, 0.25) is 5.02 Å². The predicted octanol–water partition coefficient (Wildman–Crippen LogP) is 3.20. The fraction of sp³-hybridized carbons (Fsp3) is 0.389. The molecule has 8 heteroatoms. The van der Waals surface area contributed by atoms with Crippen molar-refractivity contribution in [3.63, 3.8) is 0 Å². The summed E-state index contributed by atoms with van der Waals surface area (Å²) in [5, 5.41) is 2.84. The Morgan fingerprint density at radius 3 is 2.35 bits per heavy atom. The maximum absolute atomic E-state index is 14.5. The van der Waals surface area contributed by atoms with Crippen LogP contribution in [0.3, 0.4) is 0 Å². The molecule has 1 unspecified atom stereocenters. The van der Waals surface area contributed by atoms with E-state index in [1.807, 2.05) is 0 Å². The number of nitrogens with one attached hydrogen (secondary N) is 1. The summed E-state index contributed by atoms with van der Waals surface area (Å²) in [6, 6.07) is 1.54. The first kappa shape index (κ1) is 18.4. The van der Waals surface area contributed by atoms with Crippen molar-refractivity contribution < 1.29 is 23.5 Å². The van der Waals surface area contributed by atoms with Gasteiger partial charge in [0.25, 0.3) is 11.8 Å². The largest absolute Gasteiger partial charge is 0.467 e. The van der Waals surface area contributed by atoms with Gasteiger partial charge < -0.3 is 10.1 Å². The third-order valence-corrected chi connectivity index (χ3v) is 4.91. The van der Waals surface area contributed by atoms with Crippen molar-refractivity contribution in [2.75, 3.05) is 17.3 Å². The van der Waals surface area contributed by atoms with E-state index in [-0.39, 0.29) is 16.4 Å². The zero-order valence-corrected chi connectivity index (χ0v) is 15.2. The highest BCUT2D eigenvalue weighted by atomic mass is 35.5. The Morgan fingerprint density at radius 1 is 1.23 bits per heavy atom. The van der Waals surface area contributed by atoms with Crippen LogP contribution < -0.4 is 10.2 Å². The molecule has 2 amide bonds. The van der Waals surface area contributed by atoms with Crippen LogP contribution in [0, 0.1) is 5.82 Å². The number of methoxy groups -OCH3 is 1. The number of nitrogens with zero attached hydrogens (tertiary/aromatic N) is 1. The van der Waals surface area contributed by atoms with Gasteiger partial charge in [0.15, 0.2) is 0 Å². The molecule has 0 saturated carbocycles. The van der Waals surface area contributed by atoms with E-state index >= 15 is 0 Å². The Labute approximate surface area is 154 Å². The van der Waals surface area contributed by atoms with Gasteiger partial charge in [0.2, 0.25) is 0 Å². The monoisotopic (exact) mass is 380 g/mol. The first-order chi connectivity index (χ1) is 12.3. The second-order valence-electron chi connectivity index (χ2n) is 6.28. The minimum Gasteiger partial charge on any atom is -0.467 e. The van der Waals surface area contributed by atoms with E-state index < -0.39 is 29.6 Å². The molecule has 0 fully saturated rings. The van der Waals surface area contributed by atoms with Gasteiger partial charge in [0, 0.05) is 11.1 Å². The van der Waals surface area contributed by atoms with Gasteiger partial charge in [-0.05, 0) is 44.7 Å². The minimum atomic E-state index is -0.784. The minimum absolute atomic E-state index is 0.0267. The molecular weight excluding hydrogens is 363 g/mol. The van der Waals surface area contributed by atoms with Gasteiger partial charge in [-0.1, -0.05) is 11.6 Å². The van der Waals surface area contributed by atoms with Crippen molar-refractivity contribution in [2.24, 2.45) is 0 Å². The molecule has 0 radical (unpaired) electrons. The van der Waals surface area contributed by atoms with E-state index in [0.717, 1.165) is 23.8 Å². The van der Waals surface area contributed by atoms with Crippen LogP contribution in [0.4, 0.5) is 15.8 Å². The van der Waals surface area contributed by atoms with E-state index in [1.54, 1.807) is 6.92 Å². The average molecular weight is 381 g/mol. The lowest BCUT2D eigenvalue weighted by Crippen LogP contribution is -2.33. The van der Waals surface area contributed by atoms with Gasteiger partial charge >= 0.3 is 5.97 Å². The highest BCUT2D eigenvalue weighted by molar-refractivity contribution is 6.35. The Bertz CT molecular complexity index is 809. The molecule has 1 aromatic carbocycles. The Hall–Kier alpha value is -2.41. The predicted molar refractivity (Wildman–Crippen MR) is 94.5 cm³/mol. The molecule has 2 aliphatic rings. The number of ether oxygens (including phenoxy) is 1. The number of carbonyl (C=O) groups excluding carboxylic acids is 3. The van der Waals surface area contributed by atoms with Gasteiger partial charge in [-0.3, -0.25) is 9.59 Å². The maximum Gasteiger partial charge on any atom is 0.327 e. The van der Waals surface area contributed by atoms with Crippen LogP contribution in [0.25, 0.3) is 0 Å². The summed E-state index contributed by atoms with van der Waals surface area (Å²) >= 11 is 6.04. The summed E-state index contributed by atoms with van der Waals surface area (Å²) in [4.78, 5) is 37.7. The lowest BCUT2D eigenvalue weighted by atomic mass is 9.93. The topological polar surface area (TPSA) is 75.7 Å². The number of esters is 1. The molecule has 1 aromatic rings. The molecule has 3 rings (SSSR count). The zero-order valence-electron chi connectivity index (χ0n) is 14.4. The van der Waals surface area contributed by atoms with Crippen LogP contribution >= 0.6 is 11.6 Å². The lowest BCUT2D eigenvalue weighted by molar-refractivity contribution is -0.141. The van der Waals surface area contributed by atoms with Crippen molar-refractivity contribution in [1.82, 2.24) is 0 Å². The summed E-state index contributed by atoms with van der Waals surface area (Å²) < 4.78 is 19.1. The van der Waals surface area contributed by atoms with E-state index in [2.05, 4.69) is 10.1 Å². The highest BCUT2D eigenvalue weighted by Gasteiger charge is 2.41. The Balaban J connectivity index is 1.96. The molecule has 1 N–H and O–H groups in total. The number of hydrogen-bond acceptors (Lipinski definition) is 5. The number of anilines is 2. The third-order valence-electron chi connectivity index (χ3n) is 4.59. The maximum atomic E-state index is 14.5. The van der Waals surface area contributed by atoms with Crippen LogP contribution in [0.15, 0.2) is 23.3 Å². The van der Waals surface area contributed by atoms with Crippen molar-refractivity contribution >= 4 is 40.8 Å². The second-order valence-corrected chi connectivity index (χ2v) is 6.69. The molecule has 6 nitrogen and oxygen atoms in total. The second kappa shape index (κ2) is 7.07. The van der Waals surface area contributed by atoms with E-state index in [9.17, 15) is 18.8 Å². The standard InChI is InChI=1S/C18H18ClFN2O4/c1-9(18(25)26-2)21-14-8-15(13(20)7-12(14)19)22-16(23)10-5-3-4-6-11(10)17(22)24/h7-9,21H,3-6H2,1-2H3. The molecule has 138 valence electrons. The van der Waals surface area contributed by atoms with Crippen LogP contribution in [0.1, 0.15) is 32.6 Å². The van der Waals surface area contributed by atoms with Crippen molar-refractivity contribution in [3.8, 4) is 0 Å². The SMILES string of the molecule is COC(=O)C(C)Nc1cc(N2C(=O)C3=C(CCCC3)C2=O)c(F)cc1Cl. The van der Waals surface area contributed by atoms with Crippen LogP contribution in [-0.4, -0.2) is 30.9 Å². The van der Waals surface area contributed by atoms with Crippen molar-refractivity contribution in [1.29, 1.82) is 0 Å². The zero-order chi connectivity index (χ0) is 19.0. The molecule has 0 saturated heterocycles. The molecule has 0 aromatic heterocycles. The fourth-order valence-corrected chi connectivity index (χ4v) is 3.45. The summed E-state index contributed by atoms with van der Waals surface area (Å²) in [6.45, 7) is 1.55. The van der Waals surface area contributed by atoms with Gasteiger partial charge in [-0.25, -0.2) is 14.1 Å². The lowest BCUT2D eigenvalue weighted by Gasteiger charge is -2.20. The van der Waals surface area contributed by atoms with E-state index in [0.29, 0.717) is 24.0 Å². The molecule has 1 aliphatic heterocycles. The summed E-state index contributed by atoms with van der Waals surface area (Å²) in [6.07, 6.45) is 2.71. The van der Waals surface area contributed by atoms with Gasteiger partial charge in [0.1, 0.15) is 11.9 Å². The third kappa shape index (κ3) is 3.07. The van der Waals surface area contributed by atoms with E-state index in [4.69, 9.17) is 11.6 Å². The molecule has 1 atom stereocenters. The summed E-state index contributed by atoms with van der Waals surface area (Å²) in [7, 11) is 1.25. The van der Waals surface area contributed by atoms with Crippen molar-refractivity contribution in [3.05, 3.63) is 34.1 Å². The van der Waals surface area contributed by atoms with Gasteiger partial charge in [-0.2, -0.15) is 0 Å². The molecule has 1 aliphatic carbocycles. The van der Waals surface area contributed by atoms with Crippen LogP contribution in [-0.2, 0) is 19.1 Å². The highest BCUT2D eigenvalue weighted by Crippen LogP contribution is 2.39. The van der Waals surface area contributed by atoms with Gasteiger partial charge in [-0.15, -0.1) is 0 Å². The Kier molecular flexibility index (Phi) is 5.00. The average Bonchev–Trinajstić information content (AvgIpc) is 2.88. The first-order valence-corrected chi connectivity index (χ1v) is 8.67. The quantitative estimate of drug-likeness (QED) is 0.641. The smallest absolute Gasteiger partial charge is 0.327 e. The number of halogens is 2. The summed E-state index contributed by atoms with van der Waals surface area (Å²) in [5.74, 6) is -2.29. The van der Waals surface area contributed by atoms with Gasteiger partial charge in [0.05, 0.1) is 23.5 Å². The van der Waals surface area contributed by atoms with Crippen LogP contribution in [0.5, 0.6) is 0 Å². The molecular formula is C18H18ClFN2O4. The molecule has 0 spiro atoms. The number of benzene rings is 1. The summed E-state index contributed by atoms with van der Waals surface area (Å²) in [5.41, 5.74) is 0.978.